The van der Waals surface area contributed by atoms with E-state index < -0.39 is 11.6 Å². The Morgan fingerprint density at radius 3 is 1.28 bits per heavy atom. The number of aliphatic hydroxyl groups excluding tert-OH is 1. The van der Waals surface area contributed by atoms with Gasteiger partial charge >= 0.3 is 0 Å². The SMILES string of the molecule is OC(C(c1ccccc1)c1ccccc1)C1CCCN1C(c1ccccc1)(c1ccccc1)c1ccccc1. The molecular formula is C37H35NO. The largest absolute Gasteiger partial charge is 0.391 e. The van der Waals surface area contributed by atoms with Crippen LogP contribution in [0.5, 0.6) is 0 Å². The maximum absolute atomic E-state index is 12.4. The number of nitrogens with zero attached hydrogens (tertiary/aromatic N) is 1. The van der Waals surface area contributed by atoms with Gasteiger partial charge in [0.15, 0.2) is 0 Å². The molecule has 1 heterocycles. The van der Waals surface area contributed by atoms with E-state index in [0.29, 0.717) is 0 Å². The molecule has 5 aromatic rings. The number of benzene rings is 5. The molecule has 0 aliphatic carbocycles. The minimum atomic E-state index is -0.590. The van der Waals surface area contributed by atoms with Crippen LogP contribution < -0.4 is 0 Å². The van der Waals surface area contributed by atoms with Crippen molar-refractivity contribution in [3.8, 4) is 0 Å². The standard InChI is InChI=1S/C37H35NO/c39-36(35(29-17-6-1-7-18-29)30-19-8-2-9-20-30)34-27-16-28-38(34)37(31-21-10-3-11-22-31,32-23-12-4-13-24-32)33-25-14-5-15-26-33/h1-15,17-26,34-36,39H,16,27-28H2. The van der Waals surface area contributed by atoms with Gasteiger partial charge in [0.05, 0.1) is 11.6 Å². The van der Waals surface area contributed by atoms with Crippen LogP contribution in [0.2, 0.25) is 0 Å². The van der Waals surface area contributed by atoms with Crippen LogP contribution in [0.15, 0.2) is 152 Å². The van der Waals surface area contributed by atoms with Gasteiger partial charge in [-0.05, 0) is 40.7 Å². The lowest BCUT2D eigenvalue weighted by Gasteiger charge is -2.48. The van der Waals surface area contributed by atoms with E-state index in [0.717, 1.165) is 30.5 Å². The fourth-order valence-corrected chi connectivity index (χ4v) is 6.73. The van der Waals surface area contributed by atoms with Crippen LogP contribution in [0, 0.1) is 0 Å². The molecule has 0 amide bonds. The molecule has 194 valence electrons. The van der Waals surface area contributed by atoms with Gasteiger partial charge in [0.2, 0.25) is 0 Å². The van der Waals surface area contributed by atoms with E-state index in [1.54, 1.807) is 0 Å². The van der Waals surface area contributed by atoms with Gasteiger partial charge in [0.25, 0.3) is 0 Å². The summed E-state index contributed by atoms with van der Waals surface area (Å²) >= 11 is 0. The Morgan fingerprint density at radius 1 is 0.538 bits per heavy atom. The van der Waals surface area contributed by atoms with Crippen molar-refractivity contribution in [2.45, 2.75) is 36.4 Å². The predicted octanol–water partition coefficient (Wildman–Crippen LogP) is 7.64. The van der Waals surface area contributed by atoms with E-state index in [2.05, 4.69) is 144 Å². The minimum Gasteiger partial charge on any atom is -0.391 e. The lowest BCUT2D eigenvalue weighted by molar-refractivity contribution is 0.0246. The second-order valence-electron chi connectivity index (χ2n) is 10.5. The lowest BCUT2D eigenvalue weighted by atomic mass is 9.74. The molecule has 2 unspecified atom stereocenters. The molecule has 1 aliphatic heterocycles. The van der Waals surface area contributed by atoms with Crippen LogP contribution in [0.3, 0.4) is 0 Å². The van der Waals surface area contributed by atoms with Crippen molar-refractivity contribution in [1.82, 2.24) is 4.90 Å². The van der Waals surface area contributed by atoms with Crippen LogP contribution in [0.1, 0.15) is 46.6 Å². The third kappa shape index (κ3) is 4.71. The molecule has 0 bridgehead atoms. The average Bonchev–Trinajstić information content (AvgIpc) is 3.51. The molecule has 2 nitrogen and oxygen atoms in total. The molecule has 1 N–H and O–H groups in total. The number of hydrogen-bond acceptors (Lipinski definition) is 2. The Morgan fingerprint density at radius 2 is 0.897 bits per heavy atom. The van der Waals surface area contributed by atoms with Gasteiger partial charge < -0.3 is 5.11 Å². The Balaban J connectivity index is 1.54. The number of rotatable bonds is 8. The van der Waals surface area contributed by atoms with Crippen molar-refractivity contribution in [3.63, 3.8) is 0 Å². The summed E-state index contributed by atoms with van der Waals surface area (Å²) in [6.45, 7) is 0.900. The predicted molar refractivity (Wildman–Crippen MR) is 160 cm³/mol. The van der Waals surface area contributed by atoms with Gasteiger partial charge in [0, 0.05) is 18.5 Å². The summed E-state index contributed by atoms with van der Waals surface area (Å²) in [4.78, 5) is 2.59. The summed E-state index contributed by atoms with van der Waals surface area (Å²) in [7, 11) is 0. The average molecular weight is 510 g/mol. The summed E-state index contributed by atoms with van der Waals surface area (Å²) < 4.78 is 0. The van der Waals surface area contributed by atoms with Crippen LogP contribution in [-0.4, -0.2) is 28.7 Å². The Bertz CT molecular complexity index is 1300. The highest BCUT2D eigenvalue weighted by atomic mass is 16.3. The van der Waals surface area contributed by atoms with Crippen molar-refractivity contribution in [2.75, 3.05) is 6.54 Å². The van der Waals surface area contributed by atoms with E-state index in [-0.39, 0.29) is 12.0 Å². The molecular weight excluding hydrogens is 474 g/mol. The summed E-state index contributed by atoms with van der Waals surface area (Å²) in [6.07, 6.45) is 1.38. The molecule has 39 heavy (non-hydrogen) atoms. The van der Waals surface area contributed by atoms with Gasteiger partial charge in [-0.2, -0.15) is 0 Å². The topological polar surface area (TPSA) is 23.5 Å². The smallest absolute Gasteiger partial charge is 0.0976 e. The first-order chi connectivity index (χ1) is 19.3. The first-order valence-corrected chi connectivity index (χ1v) is 14.0. The molecule has 0 spiro atoms. The second-order valence-corrected chi connectivity index (χ2v) is 10.5. The first-order valence-electron chi connectivity index (χ1n) is 14.0. The maximum atomic E-state index is 12.4. The van der Waals surface area contributed by atoms with Crippen molar-refractivity contribution in [1.29, 1.82) is 0 Å². The number of hydrogen-bond donors (Lipinski definition) is 1. The fraction of sp³-hybridized carbons (Fsp3) is 0.189. The molecule has 1 fully saturated rings. The Labute approximate surface area is 232 Å². The molecule has 2 heteroatoms. The van der Waals surface area contributed by atoms with Crippen molar-refractivity contribution >= 4 is 0 Å². The maximum Gasteiger partial charge on any atom is 0.0976 e. The monoisotopic (exact) mass is 509 g/mol. The quantitative estimate of drug-likeness (QED) is 0.217. The summed E-state index contributed by atoms with van der Waals surface area (Å²) in [6, 6.07) is 53.5. The normalized spacial score (nSPS) is 16.8. The zero-order chi connectivity index (χ0) is 26.5. The van der Waals surface area contributed by atoms with Gasteiger partial charge in [0.1, 0.15) is 0 Å². The lowest BCUT2D eigenvalue weighted by Crippen LogP contribution is -2.54. The zero-order valence-corrected chi connectivity index (χ0v) is 22.2. The van der Waals surface area contributed by atoms with Crippen LogP contribution in [0.4, 0.5) is 0 Å². The molecule has 0 saturated carbocycles. The Hall–Kier alpha value is -3.98. The van der Waals surface area contributed by atoms with E-state index in [9.17, 15) is 5.11 Å². The summed E-state index contributed by atoms with van der Waals surface area (Å²) in [5.41, 5.74) is 5.41. The Kier molecular flexibility index (Phi) is 7.40. The highest BCUT2D eigenvalue weighted by Gasteiger charge is 2.49. The second kappa shape index (κ2) is 11.4. The van der Waals surface area contributed by atoms with Crippen molar-refractivity contribution in [2.24, 2.45) is 0 Å². The van der Waals surface area contributed by atoms with Gasteiger partial charge in [-0.25, -0.2) is 0 Å². The van der Waals surface area contributed by atoms with E-state index >= 15 is 0 Å². The molecule has 1 aliphatic rings. The van der Waals surface area contributed by atoms with Gasteiger partial charge in [-0.15, -0.1) is 0 Å². The first kappa shape index (κ1) is 25.3. The van der Waals surface area contributed by atoms with Crippen LogP contribution in [0.25, 0.3) is 0 Å². The van der Waals surface area contributed by atoms with Crippen LogP contribution >= 0.6 is 0 Å². The zero-order valence-electron chi connectivity index (χ0n) is 22.2. The van der Waals surface area contributed by atoms with Crippen LogP contribution in [-0.2, 0) is 5.54 Å². The third-order valence-electron chi connectivity index (χ3n) is 8.36. The highest BCUT2D eigenvalue weighted by molar-refractivity contribution is 5.50. The number of likely N-dealkylation sites (tertiary alicyclic amines) is 1. The van der Waals surface area contributed by atoms with E-state index in [4.69, 9.17) is 0 Å². The summed E-state index contributed by atoms with van der Waals surface area (Å²) in [5.74, 6) is -0.127. The van der Waals surface area contributed by atoms with E-state index in [1.807, 2.05) is 12.1 Å². The molecule has 2 atom stereocenters. The molecule has 5 aromatic carbocycles. The molecule has 0 radical (unpaired) electrons. The molecule has 6 rings (SSSR count). The van der Waals surface area contributed by atoms with Crippen molar-refractivity contribution in [3.05, 3.63) is 179 Å². The minimum absolute atomic E-state index is 0.0453. The molecule has 1 saturated heterocycles. The third-order valence-corrected chi connectivity index (χ3v) is 8.36. The highest BCUT2D eigenvalue weighted by Crippen LogP contribution is 2.48. The molecule has 0 aromatic heterocycles. The summed E-state index contributed by atoms with van der Waals surface area (Å²) in [5, 5.41) is 12.4. The fourth-order valence-electron chi connectivity index (χ4n) is 6.73. The van der Waals surface area contributed by atoms with Gasteiger partial charge in [-0.1, -0.05) is 152 Å². The van der Waals surface area contributed by atoms with Crippen molar-refractivity contribution < 1.29 is 5.11 Å². The number of aliphatic hydroxyl groups is 1. The van der Waals surface area contributed by atoms with E-state index in [1.165, 1.54) is 16.7 Å². The van der Waals surface area contributed by atoms with Gasteiger partial charge in [-0.3, -0.25) is 4.90 Å².